The van der Waals surface area contributed by atoms with E-state index in [0.717, 1.165) is 25.0 Å². The van der Waals surface area contributed by atoms with Gasteiger partial charge < -0.3 is 10.1 Å². The zero-order chi connectivity index (χ0) is 21.8. The monoisotopic (exact) mass is 425 g/mol. The summed E-state index contributed by atoms with van der Waals surface area (Å²) in [5, 5.41) is 2.54. The van der Waals surface area contributed by atoms with Crippen molar-refractivity contribution in [1.82, 2.24) is 5.32 Å². The van der Waals surface area contributed by atoms with Crippen molar-refractivity contribution in [3.63, 3.8) is 0 Å². The normalized spacial score (nSPS) is 17.6. The van der Waals surface area contributed by atoms with Crippen LogP contribution < -0.4 is 5.32 Å². The Bertz CT molecular complexity index is 725. The van der Waals surface area contributed by atoms with Crippen molar-refractivity contribution in [2.75, 3.05) is 0 Å². The molecule has 0 heterocycles. The minimum atomic E-state index is -5.24. The molecule has 0 spiro atoms. The molecule has 1 fully saturated rings. The number of amides is 1. The molecule has 1 saturated carbocycles. The minimum Gasteiger partial charge on any atom is -0.448 e. The molecular formula is C19H21F6NO3. The molecule has 0 radical (unpaired) electrons. The van der Waals surface area contributed by atoms with E-state index >= 15 is 0 Å². The van der Waals surface area contributed by atoms with Crippen molar-refractivity contribution >= 4 is 11.9 Å². The first-order valence-corrected chi connectivity index (χ1v) is 9.12. The lowest BCUT2D eigenvalue weighted by Gasteiger charge is -2.25. The lowest BCUT2D eigenvalue weighted by molar-refractivity contribution is -0.226. The maximum atomic E-state index is 13.4. The van der Waals surface area contributed by atoms with Gasteiger partial charge in [0.05, 0.1) is 12.0 Å². The van der Waals surface area contributed by atoms with Gasteiger partial charge in [0.25, 0.3) is 0 Å². The van der Waals surface area contributed by atoms with Crippen LogP contribution in [0.1, 0.15) is 56.3 Å². The van der Waals surface area contributed by atoms with Crippen LogP contribution in [0, 0.1) is 5.92 Å². The fourth-order valence-corrected chi connectivity index (χ4v) is 3.32. The summed E-state index contributed by atoms with van der Waals surface area (Å²) in [5.74, 6) is -1.85. The molecule has 1 aliphatic carbocycles. The second-order valence-corrected chi connectivity index (χ2v) is 7.09. The minimum absolute atomic E-state index is 0.199. The van der Waals surface area contributed by atoms with E-state index in [4.69, 9.17) is 0 Å². The number of halogens is 6. The Morgan fingerprint density at radius 1 is 1.10 bits per heavy atom. The van der Waals surface area contributed by atoms with E-state index in [2.05, 4.69) is 10.1 Å². The molecule has 4 nitrogen and oxygen atoms in total. The highest BCUT2D eigenvalue weighted by Gasteiger charge is 2.48. The topological polar surface area (TPSA) is 55.4 Å². The molecule has 0 aromatic heterocycles. The van der Waals surface area contributed by atoms with Gasteiger partial charge in [-0.3, -0.25) is 9.59 Å². The zero-order valence-corrected chi connectivity index (χ0v) is 15.6. The highest BCUT2D eigenvalue weighted by atomic mass is 19.4. The molecule has 0 saturated heterocycles. The molecule has 162 valence electrons. The van der Waals surface area contributed by atoms with E-state index in [-0.39, 0.29) is 11.8 Å². The average molecular weight is 425 g/mol. The van der Waals surface area contributed by atoms with Gasteiger partial charge in [0, 0.05) is 17.5 Å². The fraction of sp³-hybridized carbons (Fsp3) is 0.579. The van der Waals surface area contributed by atoms with E-state index in [1.165, 1.54) is 6.92 Å². The third kappa shape index (κ3) is 6.37. The fourth-order valence-electron chi connectivity index (χ4n) is 3.32. The second kappa shape index (κ2) is 9.04. The summed E-state index contributed by atoms with van der Waals surface area (Å²) in [4.78, 5) is 24.0. The first-order chi connectivity index (χ1) is 13.4. The molecular weight excluding hydrogens is 404 g/mol. The van der Waals surface area contributed by atoms with Crippen molar-refractivity contribution in [3.8, 4) is 0 Å². The van der Waals surface area contributed by atoms with Crippen molar-refractivity contribution in [1.29, 1.82) is 0 Å². The Labute approximate surface area is 163 Å². The smallest absolute Gasteiger partial charge is 0.429 e. The number of ether oxygens (including phenoxy) is 1. The van der Waals surface area contributed by atoms with Gasteiger partial charge in [0.1, 0.15) is 0 Å². The number of hydrogen-bond donors (Lipinski definition) is 1. The second-order valence-electron chi connectivity index (χ2n) is 7.09. The van der Waals surface area contributed by atoms with E-state index in [1.54, 1.807) is 0 Å². The molecule has 0 bridgehead atoms. The summed E-state index contributed by atoms with van der Waals surface area (Å²) in [6.07, 6.45) is -10.7. The van der Waals surface area contributed by atoms with Crippen LogP contribution in [0.4, 0.5) is 26.3 Å². The number of nitrogens with one attached hydrogen (secondary N) is 1. The van der Waals surface area contributed by atoms with Crippen LogP contribution in [0.25, 0.3) is 0 Å². The van der Waals surface area contributed by atoms with Crippen LogP contribution in [-0.2, 0) is 20.5 Å². The molecule has 10 heteroatoms. The van der Waals surface area contributed by atoms with Crippen LogP contribution in [-0.4, -0.2) is 24.1 Å². The van der Waals surface area contributed by atoms with Crippen LogP contribution in [0.2, 0.25) is 0 Å². The summed E-state index contributed by atoms with van der Waals surface area (Å²) in [6, 6.07) is 2.25. The predicted molar refractivity (Wildman–Crippen MR) is 90.5 cm³/mol. The Hall–Kier alpha value is -2.26. The molecule has 1 amide bonds. The standard InChI is InChI=1S/C19H21F6NO3/c1-11(26-17(28)12-6-2-3-7-12)10-15(27)29-16(19(23,24)25)13-8-4-5-9-14(13)18(20,21)22/h4-5,8-9,11-12,16H,2-3,6-7,10H2,1H3,(H,26,28). The van der Waals surface area contributed by atoms with E-state index < -0.39 is 48.0 Å². The van der Waals surface area contributed by atoms with Gasteiger partial charge in [0.2, 0.25) is 12.0 Å². The number of carbonyl (C=O) groups excluding carboxylic acids is 2. The molecule has 2 atom stereocenters. The molecule has 1 aromatic rings. The van der Waals surface area contributed by atoms with Crippen LogP contribution >= 0.6 is 0 Å². The number of hydrogen-bond acceptors (Lipinski definition) is 3. The summed E-state index contributed by atoms with van der Waals surface area (Å²) in [7, 11) is 0. The lowest BCUT2D eigenvalue weighted by atomic mass is 10.0. The summed E-state index contributed by atoms with van der Waals surface area (Å²) < 4.78 is 83.8. The lowest BCUT2D eigenvalue weighted by Crippen LogP contribution is -2.38. The van der Waals surface area contributed by atoms with Crippen LogP contribution in [0.5, 0.6) is 0 Å². The molecule has 1 N–H and O–H groups in total. The molecule has 2 unspecified atom stereocenters. The number of esters is 1. The van der Waals surface area contributed by atoms with E-state index in [9.17, 15) is 35.9 Å². The Morgan fingerprint density at radius 3 is 2.24 bits per heavy atom. The maximum Gasteiger partial charge on any atom is 0.429 e. The molecule has 29 heavy (non-hydrogen) atoms. The van der Waals surface area contributed by atoms with E-state index in [0.29, 0.717) is 25.0 Å². The van der Waals surface area contributed by atoms with Gasteiger partial charge >= 0.3 is 18.3 Å². The Morgan fingerprint density at radius 2 is 1.69 bits per heavy atom. The van der Waals surface area contributed by atoms with E-state index in [1.807, 2.05) is 0 Å². The van der Waals surface area contributed by atoms with Gasteiger partial charge in [-0.2, -0.15) is 26.3 Å². The number of carbonyl (C=O) groups is 2. The molecule has 1 aromatic carbocycles. The SMILES string of the molecule is CC(CC(=O)OC(c1ccccc1C(F)(F)F)C(F)(F)F)NC(=O)C1CCCC1. The van der Waals surface area contributed by atoms with Crippen molar-refractivity contribution in [3.05, 3.63) is 35.4 Å². The molecule has 0 aliphatic heterocycles. The highest BCUT2D eigenvalue weighted by molar-refractivity contribution is 5.80. The third-order valence-electron chi connectivity index (χ3n) is 4.68. The van der Waals surface area contributed by atoms with Crippen LogP contribution in [0.3, 0.4) is 0 Å². The number of benzene rings is 1. The average Bonchev–Trinajstić information content (AvgIpc) is 3.12. The maximum absolute atomic E-state index is 13.4. The van der Waals surface area contributed by atoms with Crippen molar-refractivity contribution in [2.24, 2.45) is 5.92 Å². The van der Waals surface area contributed by atoms with Crippen molar-refractivity contribution in [2.45, 2.75) is 63.5 Å². The Kier molecular flexibility index (Phi) is 7.18. The van der Waals surface area contributed by atoms with Gasteiger partial charge in [-0.25, -0.2) is 0 Å². The van der Waals surface area contributed by atoms with Gasteiger partial charge in [-0.1, -0.05) is 31.0 Å². The molecule has 2 rings (SSSR count). The van der Waals surface area contributed by atoms with Crippen LogP contribution in [0.15, 0.2) is 24.3 Å². The summed E-state index contributed by atoms with van der Waals surface area (Å²) >= 11 is 0. The third-order valence-corrected chi connectivity index (χ3v) is 4.68. The Balaban J connectivity index is 2.09. The summed E-state index contributed by atoms with van der Waals surface area (Å²) in [6.45, 7) is 1.42. The quantitative estimate of drug-likeness (QED) is 0.519. The zero-order valence-electron chi connectivity index (χ0n) is 15.6. The molecule has 1 aliphatic rings. The van der Waals surface area contributed by atoms with Gasteiger partial charge in [-0.15, -0.1) is 0 Å². The summed E-state index contributed by atoms with van der Waals surface area (Å²) in [5.41, 5.74) is -2.72. The predicted octanol–water partition coefficient (Wildman–Crippen LogP) is 4.94. The van der Waals surface area contributed by atoms with Gasteiger partial charge in [0.15, 0.2) is 0 Å². The highest BCUT2D eigenvalue weighted by Crippen LogP contribution is 2.42. The first-order valence-electron chi connectivity index (χ1n) is 9.12. The number of alkyl halides is 6. The number of rotatable bonds is 6. The van der Waals surface area contributed by atoms with Crippen molar-refractivity contribution < 1.29 is 40.7 Å². The largest absolute Gasteiger partial charge is 0.448 e. The van der Waals surface area contributed by atoms with Gasteiger partial charge in [-0.05, 0) is 25.8 Å². The first kappa shape index (κ1) is 23.0.